The lowest BCUT2D eigenvalue weighted by Crippen LogP contribution is -1.99. The van der Waals surface area contributed by atoms with Gasteiger partial charge >= 0.3 is 0 Å². The van der Waals surface area contributed by atoms with Crippen molar-refractivity contribution in [3.8, 4) is 17.2 Å². The highest BCUT2D eigenvalue weighted by molar-refractivity contribution is 9.10. The van der Waals surface area contributed by atoms with Crippen LogP contribution in [0.2, 0.25) is 0 Å². The molecule has 2 heterocycles. The van der Waals surface area contributed by atoms with Crippen LogP contribution in [0.5, 0.6) is 5.75 Å². The average Bonchev–Trinajstić information content (AvgIpc) is 3.27. The summed E-state index contributed by atoms with van der Waals surface area (Å²) in [7, 11) is 0. The molecule has 0 saturated carbocycles. The van der Waals surface area contributed by atoms with Crippen molar-refractivity contribution < 1.29 is 9.15 Å². The Kier molecular flexibility index (Phi) is 4.76. The van der Waals surface area contributed by atoms with E-state index in [4.69, 9.17) is 9.15 Å². The lowest BCUT2D eigenvalue weighted by molar-refractivity contribution is 0.343. The summed E-state index contributed by atoms with van der Waals surface area (Å²) in [5, 5.41) is 9.87. The van der Waals surface area contributed by atoms with E-state index in [1.54, 1.807) is 0 Å². The van der Waals surface area contributed by atoms with Gasteiger partial charge in [-0.2, -0.15) is 0 Å². The number of H-pyrrole nitrogens is 1. The van der Waals surface area contributed by atoms with Gasteiger partial charge < -0.3 is 14.1 Å². The topological polar surface area (TPSA) is 63.9 Å². The molecule has 0 unspecified atom stereocenters. The van der Waals surface area contributed by atoms with Gasteiger partial charge in [-0.1, -0.05) is 45.9 Å². The molecule has 0 fully saturated rings. The van der Waals surface area contributed by atoms with Crippen molar-refractivity contribution in [3.05, 3.63) is 59.2 Å². The molecule has 4 aromatic rings. The molecule has 2 aromatic heterocycles. The van der Waals surface area contributed by atoms with Gasteiger partial charge in [0.2, 0.25) is 0 Å². The zero-order chi connectivity index (χ0) is 17.1. The smallest absolute Gasteiger partial charge is 0.276 e. The molecular formula is C18H14BrN3O2S. The fourth-order valence-corrected chi connectivity index (χ4v) is 3.29. The van der Waals surface area contributed by atoms with E-state index in [1.165, 1.54) is 11.8 Å². The Hall–Kier alpha value is -2.25. The van der Waals surface area contributed by atoms with Crippen LogP contribution in [0, 0.1) is 0 Å². The molecule has 0 amide bonds. The Labute approximate surface area is 156 Å². The maximum absolute atomic E-state index is 5.76. The summed E-state index contributed by atoms with van der Waals surface area (Å²) in [4.78, 5) is 3.21. The number of ether oxygens (including phenoxy) is 1. The number of aromatic nitrogens is 3. The van der Waals surface area contributed by atoms with Crippen molar-refractivity contribution in [2.75, 3.05) is 12.4 Å². The fourth-order valence-electron chi connectivity index (χ4n) is 2.44. The van der Waals surface area contributed by atoms with E-state index in [2.05, 4.69) is 31.1 Å². The molecule has 25 heavy (non-hydrogen) atoms. The first-order valence-corrected chi connectivity index (χ1v) is 9.48. The summed E-state index contributed by atoms with van der Waals surface area (Å²) in [6.45, 7) is 0.567. The van der Waals surface area contributed by atoms with Crippen molar-refractivity contribution in [3.63, 3.8) is 0 Å². The monoisotopic (exact) mass is 415 g/mol. The summed E-state index contributed by atoms with van der Waals surface area (Å²) < 4.78 is 12.5. The molecule has 0 saturated heterocycles. The zero-order valence-electron chi connectivity index (χ0n) is 13.1. The van der Waals surface area contributed by atoms with Gasteiger partial charge in [-0.15, -0.1) is 10.2 Å². The first-order valence-electron chi connectivity index (χ1n) is 7.71. The second kappa shape index (κ2) is 7.33. The van der Waals surface area contributed by atoms with Gasteiger partial charge in [0.15, 0.2) is 0 Å². The van der Waals surface area contributed by atoms with E-state index in [1.807, 2.05) is 54.7 Å². The van der Waals surface area contributed by atoms with E-state index in [-0.39, 0.29) is 0 Å². The average molecular weight is 416 g/mol. The summed E-state index contributed by atoms with van der Waals surface area (Å²) in [5.74, 6) is 2.09. The number of benzene rings is 2. The largest absolute Gasteiger partial charge is 0.493 e. The van der Waals surface area contributed by atoms with Crippen LogP contribution in [0.1, 0.15) is 0 Å². The second-order valence-corrected chi connectivity index (χ2v) is 7.23. The van der Waals surface area contributed by atoms with Crippen molar-refractivity contribution in [1.29, 1.82) is 0 Å². The second-order valence-electron chi connectivity index (χ2n) is 5.27. The number of aromatic amines is 1. The van der Waals surface area contributed by atoms with Gasteiger partial charge in [0, 0.05) is 27.3 Å². The van der Waals surface area contributed by atoms with E-state index >= 15 is 0 Å². The number of hydrogen-bond acceptors (Lipinski definition) is 5. The highest BCUT2D eigenvalue weighted by Gasteiger charge is 2.13. The van der Waals surface area contributed by atoms with Crippen LogP contribution < -0.4 is 4.74 Å². The maximum atomic E-state index is 5.76. The molecule has 0 atom stereocenters. The predicted octanol–water partition coefficient (Wildman–Crippen LogP) is 5.15. The number of thioether (sulfide) groups is 1. The molecule has 0 aliphatic rings. The number of rotatable bonds is 6. The molecule has 1 N–H and O–H groups in total. The maximum Gasteiger partial charge on any atom is 0.276 e. The molecule has 7 heteroatoms. The van der Waals surface area contributed by atoms with Gasteiger partial charge in [-0.25, -0.2) is 0 Å². The number of para-hydroxylation sites is 1. The van der Waals surface area contributed by atoms with Crippen LogP contribution in [0.4, 0.5) is 0 Å². The lowest BCUT2D eigenvalue weighted by atomic mass is 10.2. The van der Waals surface area contributed by atoms with E-state index < -0.39 is 0 Å². The Balaban J connectivity index is 1.36. The van der Waals surface area contributed by atoms with Crippen LogP contribution in [0.3, 0.4) is 0 Å². The van der Waals surface area contributed by atoms with E-state index in [9.17, 15) is 0 Å². The normalized spacial score (nSPS) is 11.1. The van der Waals surface area contributed by atoms with Crippen LogP contribution in [-0.4, -0.2) is 27.5 Å². The summed E-state index contributed by atoms with van der Waals surface area (Å²) >= 11 is 4.88. The third kappa shape index (κ3) is 3.72. The molecule has 0 bridgehead atoms. The highest BCUT2D eigenvalue weighted by atomic mass is 79.9. The third-order valence-electron chi connectivity index (χ3n) is 3.62. The molecule has 0 aliphatic heterocycles. The molecule has 5 nitrogen and oxygen atoms in total. The first kappa shape index (κ1) is 16.2. The number of fused-ring (bicyclic) bond motifs is 1. The van der Waals surface area contributed by atoms with Gasteiger partial charge in [-0.3, -0.25) is 0 Å². The Morgan fingerprint density at radius 1 is 1.08 bits per heavy atom. The number of hydrogen-bond donors (Lipinski definition) is 1. The van der Waals surface area contributed by atoms with Gasteiger partial charge in [0.25, 0.3) is 11.1 Å². The van der Waals surface area contributed by atoms with Crippen molar-refractivity contribution in [2.24, 2.45) is 0 Å². The molecule has 0 spiro atoms. The third-order valence-corrected chi connectivity index (χ3v) is 4.93. The molecular weight excluding hydrogens is 402 g/mol. The van der Waals surface area contributed by atoms with Crippen LogP contribution in [-0.2, 0) is 0 Å². The molecule has 2 aromatic carbocycles. The molecule has 0 radical (unpaired) electrons. The Morgan fingerprint density at radius 2 is 1.92 bits per heavy atom. The standard InChI is InChI=1S/C18H14BrN3O2S/c19-12-5-7-13(8-6-12)23-9-10-25-18-22-21-17(24-18)15-11-20-16-4-2-1-3-14(15)16/h1-8,11,20H,9-10H2. The van der Waals surface area contributed by atoms with Gasteiger partial charge in [-0.05, 0) is 30.3 Å². The minimum Gasteiger partial charge on any atom is -0.493 e. The van der Waals surface area contributed by atoms with Crippen LogP contribution in [0.25, 0.3) is 22.4 Å². The summed E-state index contributed by atoms with van der Waals surface area (Å²) in [6, 6.07) is 15.8. The molecule has 0 aliphatic carbocycles. The minimum absolute atomic E-state index is 0.522. The van der Waals surface area contributed by atoms with E-state index in [0.717, 1.165) is 32.4 Å². The van der Waals surface area contributed by atoms with Gasteiger partial charge in [0.05, 0.1) is 12.2 Å². The summed E-state index contributed by atoms with van der Waals surface area (Å²) in [6.07, 6.45) is 1.89. The number of halogens is 1. The summed E-state index contributed by atoms with van der Waals surface area (Å²) in [5.41, 5.74) is 1.97. The van der Waals surface area contributed by atoms with Gasteiger partial charge in [0.1, 0.15) is 5.75 Å². The minimum atomic E-state index is 0.522. The SMILES string of the molecule is Brc1ccc(OCCSc2nnc(-c3c[nH]c4ccccc34)o2)cc1. The highest BCUT2D eigenvalue weighted by Crippen LogP contribution is 2.29. The quantitative estimate of drug-likeness (QED) is 0.348. The van der Waals surface area contributed by atoms with Crippen molar-refractivity contribution in [2.45, 2.75) is 5.22 Å². The van der Waals surface area contributed by atoms with Crippen molar-refractivity contribution in [1.82, 2.24) is 15.2 Å². The van der Waals surface area contributed by atoms with Crippen LogP contribution >= 0.6 is 27.7 Å². The fraction of sp³-hybridized carbons (Fsp3) is 0.111. The Bertz CT molecular complexity index is 981. The van der Waals surface area contributed by atoms with E-state index in [0.29, 0.717) is 17.7 Å². The molecule has 126 valence electrons. The Morgan fingerprint density at radius 3 is 2.80 bits per heavy atom. The predicted molar refractivity (Wildman–Crippen MR) is 102 cm³/mol. The molecule has 4 rings (SSSR count). The number of nitrogens with zero attached hydrogens (tertiary/aromatic N) is 2. The van der Waals surface area contributed by atoms with Crippen molar-refractivity contribution >= 4 is 38.6 Å². The number of nitrogens with one attached hydrogen (secondary N) is 1. The first-order chi connectivity index (χ1) is 12.3. The van der Waals surface area contributed by atoms with Crippen LogP contribution in [0.15, 0.2) is 68.8 Å². The lowest BCUT2D eigenvalue weighted by Gasteiger charge is -2.04. The zero-order valence-corrected chi connectivity index (χ0v) is 15.5.